The number of hydrogen-bond acceptors (Lipinski definition) is 12. The van der Waals surface area contributed by atoms with E-state index in [9.17, 15) is 18.3 Å². The van der Waals surface area contributed by atoms with Gasteiger partial charge in [-0.1, -0.05) is 0 Å². The Bertz CT molecular complexity index is 709. The van der Waals surface area contributed by atoms with Crippen molar-refractivity contribution in [3.8, 4) is 0 Å². The smallest absolute Gasteiger partial charge is 0.312 e. The normalized spacial score (nSPS) is 42.7. The Kier molecular flexibility index (Phi) is 7.90. The molecule has 0 bridgehead atoms. The van der Waals surface area contributed by atoms with Crippen molar-refractivity contribution in [2.45, 2.75) is 25.0 Å². The van der Waals surface area contributed by atoms with Gasteiger partial charge < -0.3 is 27.1 Å². The Balaban J connectivity index is 1.96. The van der Waals surface area contributed by atoms with E-state index in [1.807, 2.05) is 0 Å². The van der Waals surface area contributed by atoms with Crippen LogP contribution in [0.15, 0.2) is 0 Å². The molecule has 2 fully saturated rings. The van der Waals surface area contributed by atoms with Crippen LogP contribution in [0.2, 0.25) is 0 Å². The molecule has 0 aromatic heterocycles. The first-order chi connectivity index (χ1) is 13.1. The lowest BCUT2D eigenvalue weighted by Crippen LogP contribution is -2.43. The van der Waals surface area contributed by atoms with Gasteiger partial charge >= 0.3 is 30.4 Å². The largest absolute Gasteiger partial charge is 0.342 e. The molecule has 0 aliphatic carbocycles. The first kappa shape index (κ1) is 25.9. The van der Waals surface area contributed by atoms with Gasteiger partial charge in [-0.3, -0.25) is 27.3 Å². The Morgan fingerprint density at radius 1 is 0.759 bits per heavy atom. The maximum Gasteiger partial charge on any atom is 0.342 e. The number of hydrogen-bond donors (Lipinski definition) is 0. The van der Waals surface area contributed by atoms with E-state index in [-0.39, 0.29) is 26.4 Å². The molecule has 172 valence electrons. The lowest BCUT2D eigenvalue weighted by atomic mass is 10.1. The molecule has 2 aliphatic rings. The summed E-state index contributed by atoms with van der Waals surface area (Å²) >= 11 is 0. The number of rotatable bonds is 8. The van der Waals surface area contributed by atoms with Crippen LogP contribution in [0.25, 0.3) is 0 Å². The summed E-state index contributed by atoms with van der Waals surface area (Å²) in [6.07, 6.45) is 0. The average molecular weight is 500 g/mol. The van der Waals surface area contributed by atoms with Crippen LogP contribution in [0.5, 0.6) is 0 Å². The summed E-state index contributed by atoms with van der Waals surface area (Å²) in [6.45, 7) is 4.79. The van der Waals surface area contributed by atoms with Gasteiger partial charge in [0.1, 0.15) is 11.2 Å². The Morgan fingerprint density at radius 2 is 1.03 bits per heavy atom. The third-order valence-electron chi connectivity index (χ3n) is 4.05. The van der Waals surface area contributed by atoms with Gasteiger partial charge in [-0.25, -0.2) is 0 Å². The highest BCUT2D eigenvalue weighted by Gasteiger charge is 2.50. The summed E-state index contributed by atoms with van der Waals surface area (Å²) in [5.74, 6) is -0.617. The first-order valence-corrected chi connectivity index (χ1v) is 15.9. The van der Waals surface area contributed by atoms with Crippen LogP contribution in [0.4, 0.5) is 0 Å². The molecule has 0 spiro atoms. The molecule has 0 amide bonds. The van der Waals surface area contributed by atoms with E-state index >= 15 is 0 Å². The van der Waals surface area contributed by atoms with Crippen molar-refractivity contribution in [2.24, 2.45) is 0 Å². The third kappa shape index (κ3) is 7.31. The van der Waals surface area contributed by atoms with E-state index in [0.29, 0.717) is 0 Å². The minimum Gasteiger partial charge on any atom is -0.312 e. The van der Waals surface area contributed by atoms with Crippen LogP contribution < -0.4 is 0 Å². The van der Waals surface area contributed by atoms with E-state index in [1.165, 1.54) is 27.5 Å². The van der Waals surface area contributed by atoms with Crippen molar-refractivity contribution in [1.82, 2.24) is 0 Å². The maximum absolute atomic E-state index is 12.8. The average Bonchev–Trinajstić information content (AvgIpc) is 2.61. The van der Waals surface area contributed by atoms with E-state index in [4.69, 9.17) is 36.2 Å². The summed E-state index contributed by atoms with van der Waals surface area (Å²) < 4.78 is 91.2. The molecule has 12 nitrogen and oxygen atoms in total. The van der Waals surface area contributed by atoms with Gasteiger partial charge in [0.15, 0.2) is 5.90 Å². The van der Waals surface area contributed by atoms with Crippen molar-refractivity contribution in [2.75, 3.05) is 59.9 Å². The minimum absolute atomic E-state index is 0.223. The van der Waals surface area contributed by atoms with Gasteiger partial charge in [0.2, 0.25) is 0 Å². The zero-order chi connectivity index (χ0) is 22.2. The van der Waals surface area contributed by atoms with Crippen LogP contribution in [-0.2, 0) is 54.5 Å². The second-order valence-corrected chi connectivity index (χ2v) is 16.2. The van der Waals surface area contributed by atoms with Gasteiger partial charge in [-0.05, 0) is 13.8 Å². The van der Waals surface area contributed by atoms with Crippen molar-refractivity contribution in [3.63, 3.8) is 0 Å². The summed E-state index contributed by atoms with van der Waals surface area (Å²) in [4.78, 5) is 0. The summed E-state index contributed by atoms with van der Waals surface area (Å²) in [6, 6.07) is 0. The lowest BCUT2D eigenvalue weighted by Gasteiger charge is -2.40. The standard InChI is InChI=1S/C13H28O12P4/c1-12(24-26(5,14)18-3)7-20-28(16,21-8-12)11-29(17)22-9-13(2,10-23-29)25-27(6,15)19-4/h7-11H2,1-6H3. The Morgan fingerprint density at radius 3 is 1.28 bits per heavy atom. The van der Waals surface area contributed by atoms with E-state index in [0.717, 1.165) is 0 Å². The predicted molar refractivity (Wildman–Crippen MR) is 104 cm³/mol. The van der Waals surface area contributed by atoms with Crippen LogP contribution >= 0.6 is 30.4 Å². The van der Waals surface area contributed by atoms with Gasteiger partial charge in [0.05, 0.1) is 26.4 Å². The van der Waals surface area contributed by atoms with Crippen LogP contribution in [-0.4, -0.2) is 71.1 Å². The molecule has 2 aliphatic heterocycles. The molecular formula is C13H28O12P4. The SMILES string of the molecule is COP(C)(=O)OC1(C)COP(=O)(CP2(=O)OCC(C)(OP(C)(=O)OC)CO2)OC1. The molecular weight excluding hydrogens is 472 g/mol. The van der Waals surface area contributed by atoms with Gasteiger partial charge in [0, 0.05) is 27.5 Å². The minimum atomic E-state index is -3.83. The van der Waals surface area contributed by atoms with Gasteiger partial charge in [-0.2, -0.15) is 0 Å². The van der Waals surface area contributed by atoms with Gasteiger partial charge in [-0.15, -0.1) is 0 Å². The fourth-order valence-electron chi connectivity index (χ4n) is 2.45. The van der Waals surface area contributed by atoms with Gasteiger partial charge in [0.25, 0.3) is 0 Å². The molecule has 0 saturated carbocycles. The summed E-state index contributed by atoms with van der Waals surface area (Å²) in [5.41, 5.74) is -2.32. The maximum atomic E-state index is 12.8. The van der Waals surface area contributed by atoms with Crippen LogP contribution in [0, 0.1) is 0 Å². The Hall–Kier alpha value is 0.600. The predicted octanol–water partition coefficient (Wildman–Crippen LogP) is 3.91. The highest BCUT2D eigenvalue weighted by molar-refractivity contribution is 7.71. The van der Waals surface area contributed by atoms with E-state index in [1.54, 1.807) is 13.8 Å². The monoisotopic (exact) mass is 500 g/mol. The molecule has 2 heterocycles. The second kappa shape index (κ2) is 8.86. The van der Waals surface area contributed by atoms with Crippen LogP contribution in [0.1, 0.15) is 13.8 Å². The highest BCUT2D eigenvalue weighted by atomic mass is 31.2. The zero-order valence-corrected chi connectivity index (χ0v) is 20.8. The fraction of sp³-hybridized carbons (Fsp3) is 1.00. The van der Waals surface area contributed by atoms with Crippen molar-refractivity contribution >= 4 is 30.4 Å². The highest BCUT2D eigenvalue weighted by Crippen LogP contribution is 2.68. The van der Waals surface area contributed by atoms with Crippen LogP contribution in [0.3, 0.4) is 0 Å². The molecule has 2 rings (SSSR count). The molecule has 0 N–H and O–H groups in total. The quantitative estimate of drug-likeness (QED) is 0.446. The molecule has 0 aromatic rings. The third-order valence-corrected chi connectivity index (χ3v) is 11.8. The Labute approximate surface area is 170 Å². The van der Waals surface area contributed by atoms with Crippen molar-refractivity contribution in [3.05, 3.63) is 0 Å². The molecule has 0 radical (unpaired) electrons. The van der Waals surface area contributed by atoms with E-state index < -0.39 is 47.5 Å². The summed E-state index contributed by atoms with van der Waals surface area (Å²) in [7, 11) is -11.9. The second-order valence-electron chi connectivity index (χ2n) is 7.45. The first-order valence-electron chi connectivity index (χ1n) is 8.51. The zero-order valence-electron chi connectivity index (χ0n) is 17.2. The summed E-state index contributed by atoms with van der Waals surface area (Å²) in [5, 5.41) is 0. The molecule has 2 atom stereocenters. The molecule has 2 saturated heterocycles. The molecule has 29 heavy (non-hydrogen) atoms. The molecule has 16 heteroatoms. The molecule has 2 unspecified atom stereocenters. The van der Waals surface area contributed by atoms with E-state index in [2.05, 4.69) is 0 Å². The van der Waals surface area contributed by atoms with Crippen molar-refractivity contribution < 1.29 is 54.5 Å². The van der Waals surface area contributed by atoms with Crippen molar-refractivity contribution in [1.29, 1.82) is 0 Å². The fourth-order valence-corrected chi connectivity index (χ4v) is 9.45. The topological polar surface area (TPSA) is 142 Å². The lowest BCUT2D eigenvalue weighted by molar-refractivity contribution is -0.0525. The molecule has 0 aromatic carbocycles.